The molecule has 1 saturated carbocycles. The minimum Gasteiger partial charge on any atom is -0.309 e. The van der Waals surface area contributed by atoms with Gasteiger partial charge >= 0.3 is 0 Å². The van der Waals surface area contributed by atoms with Crippen molar-refractivity contribution >= 4 is 22.8 Å². The first kappa shape index (κ1) is 11.1. The largest absolute Gasteiger partial charge is 0.309 e. The lowest BCUT2D eigenvalue weighted by Crippen LogP contribution is -2.07. The average Bonchev–Trinajstić information content (AvgIpc) is 2.96. The van der Waals surface area contributed by atoms with E-state index in [0.717, 1.165) is 29.2 Å². The first-order valence-corrected chi connectivity index (χ1v) is 6.66. The molecule has 0 amide bonds. The summed E-state index contributed by atoms with van der Waals surface area (Å²) >= 11 is 6.24. The maximum atomic E-state index is 6.24. The molecular formula is C12H17ClN4. The maximum absolute atomic E-state index is 6.24. The fourth-order valence-corrected chi connectivity index (χ4v) is 2.55. The Labute approximate surface area is 106 Å². The van der Waals surface area contributed by atoms with Gasteiger partial charge in [-0.2, -0.15) is 5.10 Å². The van der Waals surface area contributed by atoms with E-state index in [1.807, 2.05) is 18.5 Å². The second kappa shape index (κ2) is 3.73. The van der Waals surface area contributed by atoms with E-state index in [-0.39, 0.29) is 5.38 Å². The van der Waals surface area contributed by atoms with Gasteiger partial charge in [0, 0.05) is 12.6 Å². The quantitative estimate of drug-likeness (QED) is 0.787. The molecule has 3 rings (SSSR count). The summed E-state index contributed by atoms with van der Waals surface area (Å²) in [7, 11) is 0. The third kappa shape index (κ3) is 1.58. The Morgan fingerprint density at radius 2 is 2.18 bits per heavy atom. The van der Waals surface area contributed by atoms with E-state index >= 15 is 0 Å². The highest BCUT2D eigenvalue weighted by Gasteiger charge is 2.31. The van der Waals surface area contributed by atoms with Crippen LogP contribution in [0.15, 0.2) is 0 Å². The molecule has 0 aliphatic heterocycles. The topological polar surface area (TPSA) is 35.6 Å². The Kier molecular flexibility index (Phi) is 2.43. The summed E-state index contributed by atoms with van der Waals surface area (Å²) in [4.78, 5) is 4.69. The molecule has 0 N–H and O–H groups in total. The van der Waals surface area contributed by atoms with Gasteiger partial charge in [0.25, 0.3) is 0 Å². The van der Waals surface area contributed by atoms with Crippen molar-refractivity contribution in [1.29, 1.82) is 0 Å². The molecule has 0 bridgehead atoms. The van der Waals surface area contributed by atoms with Crippen LogP contribution in [0.25, 0.3) is 11.2 Å². The van der Waals surface area contributed by atoms with Crippen molar-refractivity contribution in [3.63, 3.8) is 0 Å². The molecule has 2 heterocycles. The van der Waals surface area contributed by atoms with E-state index in [0.29, 0.717) is 6.04 Å². The minimum absolute atomic E-state index is 0.0484. The van der Waals surface area contributed by atoms with Gasteiger partial charge in [0.15, 0.2) is 5.65 Å². The first-order chi connectivity index (χ1) is 8.13. The highest BCUT2D eigenvalue weighted by molar-refractivity contribution is 6.20. The molecule has 2 aromatic rings. The van der Waals surface area contributed by atoms with Crippen LogP contribution in [0.4, 0.5) is 0 Å². The lowest BCUT2D eigenvalue weighted by Gasteiger charge is -2.10. The molecule has 92 valence electrons. The number of nitrogens with zero attached hydrogens (tertiary/aromatic N) is 4. The van der Waals surface area contributed by atoms with E-state index in [1.165, 1.54) is 12.8 Å². The molecule has 5 heteroatoms. The Balaban J connectivity index is 2.32. The number of hydrogen-bond acceptors (Lipinski definition) is 2. The third-order valence-corrected chi connectivity index (χ3v) is 3.53. The molecule has 0 radical (unpaired) electrons. The Bertz CT molecular complexity index is 563. The van der Waals surface area contributed by atoms with Crippen LogP contribution in [0.1, 0.15) is 49.6 Å². The maximum Gasteiger partial charge on any atom is 0.159 e. The zero-order chi connectivity index (χ0) is 12.2. The second-order valence-corrected chi connectivity index (χ2v) is 5.42. The van der Waals surface area contributed by atoms with Gasteiger partial charge in [-0.15, -0.1) is 11.6 Å². The van der Waals surface area contributed by atoms with E-state index in [4.69, 9.17) is 11.6 Å². The fraction of sp³-hybridized carbons (Fsp3) is 0.667. The second-order valence-electron chi connectivity index (χ2n) is 4.76. The summed E-state index contributed by atoms with van der Waals surface area (Å²) in [5.74, 6) is 0.992. The summed E-state index contributed by atoms with van der Waals surface area (Å²) in [6.45, 7) is 6.99. The van der Waals surface area contributed by atoms with Gasteiger partial charge in [0.2, 0.25) is 0 Å². The predicted octanol–water partition coefficient (Wildman–Crippen LogP) is 3.20. The molecular weight excluding hydrogens is 236 g/mol. The zero-order valence-corrected chi connectivity index (χ0v) is 11.2. The van der Waals surface area contributed by atoms with Crippen LogP contribution in [-0.2, 0) is 6.54 Å². The van der Waals surface area contributed by atoms with Gasteiger partial charge in [-0.3, -0.25) is 0 Å². The van der Waals surface area contributed by atoms with Crippen molar-refractivity contribution in [3.05, 3.63) is 11.5 Å². The average molecular weight is 253 g/mol. The lowest BCUT2D eigenvalue weighted by molar-refractivity contribution is 0.619. The van der Waals surface area contributed by atoms with Gasteiger partial charge in [-0.05, 0) is 33.6 Å². The first-order valence-electron chi connectivity index (χ1n) is 6.22. The summed E-state index contributed by atoms with van der Waals surface area (Å²) < 4.78 is 4.34. The van der Waals surface area contributed by atoms with Crippen LogP contribution < -0.4 is 0 Å². The summed E-state index contributed by atoms with van der Waals surface area (Å²) in [6.07, 6.45) is 2.46. The highest BCUT2D eigenvalue weighted by atomic mass is 35.5. The molecule has 4 nitrogen and oxygen atoms in total. The van der Waals surface area contributed by atoms with Crippen LogP contribution in [0.5, 0.6) is 0 Å². The summed E-state index contributed by atoms with van der Waals surface area (Å²) in [5, 5.41) is 4.48. The van der Waals surface area contributed by atoms with Crippen molar-refractivity contribution < 1.29 is 0 Å². The van der Waals surface area contributed by atoms with Gasteiger partial charge < -0.3 is 4.57 Å². The molecule has 1 aliphatic rings. The molecule has 0 spiro atoms. The molecule has 0 saturated heterocycles. The number of halogens is 1. The van der Waals surface area contributed by atoms with E-state index in [9.17, 15) is 0 Å². The van der Waals surface area contributed by atoms with Crippen molar-refractivity contribution in [2.45, 2.75) is 51.6 Å². The van der Waals surface area contributed by atoms with Crippen molar-refractivity contribution in [2.75, 3.05) is 0 Å². The Hall–Kier alpha value is -1.03. The molecule has 1 fully saturated rings. The van der Waals surface area contributed by atoms with Crippen LogP contribution in [0, 0.1) is 6.92 Å². The Morgan fingerprint density at radius 3 is 2.71 bits per heavy atom. The number of aromatic nitrogens is 4. The minimum atomic E-state index is -0.0484. The molecule has 1 atom stereocenters. The van der Waals surface area contributed by atoms with Crippen LogP contribution in [0.2, 0.25) is 0 Å². The van der Waals surface area contributed by atoms with Crippen molar-refractivity contribution in [1.82, 2.24) is 19.3 Å². The fourth-order valence-electron chi connectivity index (χ4n) is 2.40. The molecule has 17 heavy (non-hydrogen) atoms. The van der Waals surface area contributed by atoms with Gasteiger partial charge in [-0.1, -0.05) is 0 Å². The molecule has 2 aromatic heterocycles. The number of imidazole rings is 1. The number of aryl methyl sites for hydroxylation is 2. The lowest BCUT2D eigenvalue weighted by atomic mass is 10.4. The SMILES string of the molecule is CCn1nc(C)c2nc(C(C)Cl)n(C3CC3)c21. The van der Waals surface area contributed by atoms with Crippen LogP contribution in [-0.4, -0.2) is 19.3 Å². The predicted molar refractivity (Wildman–Crippen MR) is 68.5 cm³/mol. The van der Waals surface area contributed by atoms with E-state index < -0.39 is 0 Å². The Morgan fingerprint density at radius 1 is 1.47 bits per heavy atom. The number of rotatable bonds is 3. The van der Waals surface area contributed by atoms with Crippen molar-refractivity contribution in [2.24, 2.45) is 0 Å². The van der Waals surface area contributed by atoms with E-state index in [1.54, 1.807) is 0 Å². The van der Waals surface area contributed by atoms with Gasteiger partial charge in [0.05, 0.1) is 11.1 Å². The zero-order valence-electron chi connectivity index (χ0n) is 10.4. The number of hydrogen-bond donors (Lipinski definition) is 0. The van der Waals surface area contributed by atoms with Gasteiger partial charge in [-0.25, -0.2) is 9.67 Å². The van der Waals surface area contributed by atoms with Gasteiger partial charge in [0.1, 0.15) is 11.3 Å². The van der Waals surface area contributed by atoms with Crippen molar-refractivity contribution in [3.8, 4) is 0 Å². The number of alkyl halides is 1. The van der Waals surface area contributed by atoms with Crippen LogP contribution in [0.3, 0.4) is 0 Å². The molecule has 0 aromatic carbocycles. The smallest absolute Gasteiger partial charge is 0.159 e. The monoisotopic (exact) mass is 252 g/mol. The summed E-state index contributed by atoms with van der Waals surface area (Å²) in [6, 6.07) is 0.581. The van der Waals surface area contributed by atoms with E-state index in [2.05, 4.69) is 21.6 Å². The normalized spacial score (nSPS) is 17.9. The summed E-state index contributed by atoms with van der Waals surface area (Å²) in [5.41, 5.74) is 3.16. The van der Waals surface area contributed by atoms with Crippen LogP contribution >= 0.6 is 11.6 Å². The molecule has 1 aliphatic carbocycles. The number of fused-ring (bicyclic) bond motifs is 1. The molecule has 1 unspecified atom stereocenters. The third-order valence-electron chi connectivity index (χ3n) is 3.34. The highest BCUT2D eigenvalue weighted by Crippen LogP contribution is 2.41. The standard InChI is InChI=1S/C12H17ClN4/c1-4-16-12-10(8(3)15-16)14-11(7(2)13)17(12)9-5-6-9/h7,9H,4-6H2,1-3H3.